The van der Waals surface area contributed by atoms with E-state index in [2.05, 4.69) is 16.0 Å². The quantitative estimate of drug-likeness (QED) is 0.208. The fourth-order valence-corrected chi connectivity index (χ4v) is 1.83. The minimum Gasteiger partial charge on any atom is -0.480 e. The van der Waals surface area contributed by atoms with Crippen molar-refractivity contribution in [2.75, 3.05) is 6.61 Å². The Hall–Kier alpha value is -2.24. The van der Waals surface area contributed by atoms with E-state index in [-0.39, 0.29) is 5.92 Å². The summed E-state index contributed by atoms with van der Waals surface area (Å²) in [7, 11) is 0. The molecule has 0 aliphatic heterocycles. The largest absolute Gasteiger partial charge is 0.480 e. The lowest BCUT2D eigenvalue weighted by atomic mass is 10.0. The number of carbonyl (C=O) groups is 4. The Balaban J connectivity index is 5.04. The number of aliphatic hydroxyl groups excluding tert-OH is 2. The van der Waals surface area contributed by atoms with E-state index in [1.165, 1.54) is 13.8 Å². The van der Waals surface area contributed by atoms with Crippen LogP contribution in [0.5, 0.6) is 0 Å². The number of hydrogen-bond acceptors (Lipinski definition) is 7. The number of nitrogens with one attached hydrogen (secondary N) is 3. The molecule has 0 aliphatic rings. The van der Waals surface area contributed by atoms with Crippen LogP contribution in [-0.4, -0.2) is 75.9 Å². The van der Waals surface area contributed by atoms with Crippen molar-refractivity contribution >= 4 is 23.7 Å². The average Bonchev–Trinajstić information content (AvgIpc) is 2.55. The number of amides is 3. The van der Waals surface area contributed by atoms with Gasteiger partial charge in [0.05, 0.1) is 12.7 Å². The average molecular weight is 376 g/mol. The van der Waals surface area contributed by atoms with Crippen molar-refractivity contribution in [3.63, 3.8) is 0 Å². The molecule has 0 aromatic heterocycles. The third-order valence-electron chi connectivity index (χ3n) is 3.61. The fourth-order valence-electron chi connectivity index (χ4n) is 1.83. The first-order valence-electron chi connectivity index (χ1n) is 8.10. The van der Waals surface area contributed by atoms with Crippen molar-refractivity contribution in [3.8, 4) is 0 Å². The van der Waals surface area contributed by atoms with Crippen molar-refractivity contribution in [1.82, 2.24) is 16.0 Å². The van der Waals surface area contributed by atoms with Crippen LogP contribution in [0.1, 0.15) is 27.7 Å². The number of hydrogen-bond donors (Lipinski definition) is 7. The first-order valence-corrected chi connectivity index (χ1v) is 8.10. The molecule has 5 atom stereocenters. The van der Waals surface area contributed by atoms with Crippen LogP contribution in [-0.2, 0) is 19.2 Å². The highest BCUT2D eigenvalue weighted by atomic mass is 16.4. The zero-order valence-corrected chi connectivity index (χ0v) is 15.2. The number of carboxylic acids is 1. The summed E-state index contributed by atoms with van der Waals surface area (Å²) in [6.07, 6.45) is -1.13. The standard InChI is InChI=1S/C15H28N4O7/c1-6(2)11(19-13(23)10(16)8(4)21)14(24)18-9(5-20)12(22)17-7(3)15(25)26/h6-11,20-21H,5,16H2,1-4H3,(H,17,22)(H,18,24)(H,19,23)(H,25,26)/t7-,8+,9-,10-,11-/m0/s1. The summed E-state index contributed by atoms with van der Waals surface area (Å²) in [5.74, 6) is -4.06. The predicted octanol–water partition coefficient (Wildman–Crippen LogP) is -3.10. The summed E-state index contributed by atoms with van der Waals surface area (Å²) in [5.41, 5.74) is 5.51. The number of carbonyl (C=O) groups excluding carboxylic acids is 3. The second kappa shape index (κ2) is 10.7. The Morgan fingerprint density at radius 3 is 1.85 bits per heavy atom. The zero-order chi connectivity index (χ0) is 20.6. The molecule has 11 heteroatoms. The van der Waals surface area contributed by atoms with Gasteiger partial charge in [-0.2, -0.15) is 0 Å². The van der Waals surface area contributed by atoms with E-state index in [0.29, 0.717) is 0 Å². The highest BCUT2D eigenvalue weighted by molar-refractivity contribution is 5.94. The van der Waals surface area contributed by atoms with Crippen LogP contribution in [0.25, 0.3) is 0 Å². The van der Waals surface area contributed by atoms with Crippen molar-refractivity contribution in [1.29, 1.82) is 0 Å². The third kappa shape index (κ3) is 7.33. The van der Waals surface area contributed by atoms with Gasteiger partial charge in [0, 0.05) is 0 Å². The monoisotopic (exact) mass is 376 g/mol. The maximum absolute atomic E-state index is 12.4. The van der Waals surface area contributed by atoms with Gasteiger partial charge in [-0.15, -0.1) is 0 Å². The predicted molar refractivity (Wildman–Crippen MR) is 90.7 cm³/mol. The first-order chi connectivity index (χ1) is 11.9. The van der Waals surface area contributed by atoms with Crippen LogP contribution >= 0.6 is 0 Å². The molecular formula is C15H28N4O7. The van der Waals surface area contributed by atoms with E-state index < -0.39 is 60.6 Å². The fraction of sp³-hybridized carbons (Fsp3) is 0.733. The molecule has 0 saturated heterocycles. The summed E-state index contributed by atoms with van der Waals surface area (Å²) >= 11 is 0. The molecule has 0 unspecified atom stereocenters. The van der Waals surface area contributed by atoms with Gasteiger partial charge in [0.2, 0.25) is 17.7 Å². The van der Waals surface area contributed by atoms with Crippen molar-refractivity contribution in [2.24, 2.45) is 11.7 Å². The summed E-state index contributed by atoms with van der Waals surface area (Å²) in [6, 6.07) is -4.92. The van der Waals surface area contributed by atoms with Gasteiger partial charge >= 0.3 is 5.97 Å². The van der Waals surface area contributed by atoms with Crippen molar-refractivity contribution in [3.05, 3.63) is 0 Å². The minimum atomic E-state index is -1.40. The van der Waals surface area contributed by atoms with Gasteiger partial charge < -0.3 is 37.0 Å². The smallest absolute Gasteiger partial charge is 0.325 e. The maximum Gasteiger partial charge on any atom is 0.325 e. The van der Waals surface area contributed by atoms with E-state index in [1.807, 2.05) is 0 Å². The van der Waals surface area contributed by atoms with Crippen LogP contribution in [0.3, 0.4) is 0 Å². The third-order valence-corrected chi connectivity index (χ3v) is 3.61. The lowest BCUT2D eigenvalue weighted by molar-refractivity contribution is -0.142. The highest BCUT2D eigenvalue weighted by Gasteiger charge is 2.31. The normalized spacial score (nSPS) is 16.8. The number of aliphatic carboxylic acids is 1. The molecule has 11 nitrogen and oxygen atoms in total. The molecule has 0 fully saturated rings. The van der Waals surface area contributed by atoms with Gasteiger partial charge in [-0.1, -0.05) is 13.8 Å². The molecule has 0 aromatic rings. The van der Waals surface area contributed by atoms with E-state index in [0.717, 1.165) is 0 Å². The Morgan fingerprint density at radius 1 is 0.923 bits per heavy atom. The molecular weight excluding hydrogens is 348 g/mol. The van der Waals surface area contributed by atoms with Gasteiger partial charge in [-0.25, -0.2) is 0 Å². The molecule has 26 heavy (non-hydrogen) atoms. The summed E-state index contributed by atoms with van der Waals surface area (Å²) in [6.45, 7) is 5.06. The number of nitrogens with two attached hydrogens (primary N) is 1. The van der Waals surface area contributed by atoms with Crippen LogP contribution < -0.4 is 21.7 Å². The van der Waals surface area contributed by atoms with E-state index in [1.54, 1.807) is 13.8 Å². The maximum atomic E-state index is 12.4. The molecule has 8 N–H and O–H groups in total. The van der Waals surface area contributed by atoms with E-state index in [9.17, 15) is 29.4 Å². The highest BCUT2D eigenvalue weighted by Crippen LogP contribution is 2.04. The SMILES string of the molecule is CC(C)[C@H](NC(=O)[C@@H](N)[C@@H](C)O)C(=O)N[C@@H](CO)C(=O)N[C@@H](C)C(=O)O. The Morgan fingerprint density at radius 2 is 1.46 bits per heavy atom. The van der Waals surface area contributed by atoms with Gasteiger partial charge in [0.1, 0.15) is 24.2 Å². The Labute approximate surface area is 151 Å². The van der Waals surface area contributed by atoms with Crippen LogP contribution in [0.4, 0.5) is 0 Å². The molecule has 0 rings (SSSR count). The zero-order valence-electron chi connectivity index (χ0n) is 15.2. The Bertz CT molecular complexity index is 524. The first kappa shape index (κ1) is 23.8. The molecule has 0 radical (unpaired) electrons. The van der Waals surface area contributed by atoms with Gasteiger partial charge in [-0.3, -0.25) is 19.2 Å². The van der Waals surface area contributed by atoms with E-state index in [4.69, 9.17) is 10.8 Å². The summed E-state index contributed by atoms with van der Waals surface area (Å²) in [4.78, 5) is 47.0. The summed E-state index contributed by atoms with van der Waals surface area (Å²) in [5, 5.41) is 34.2. The molecule has 0 aliphatic carbocycles. The van der Waals surface area contributed by atoms with E-state index >= 15 is 0 Å². The molecule has 0 saturated carbocycles. The molecule has 0 bridgehead atoms. The van der Waals surface area contributed by atoms with Gasteiger partial charge in [-0.05, 0) is 19.8 Å². The molecule has 0 aromatic carbocycles. The Kier molecular flexibility index (Phi) is 9.76. The van der Waals surface area contributed by atoms with Gasteiger partial charge in [0.15, 0.2) is 0 Å². The second-order valence-corrected chi connectivity index (χ2v) is 6.31. The molecule has 3 amide bonds. The van der Waals surface area contributed by atoms with Crippen LogP contribution in [0.2, 0.25) is 0 Å². The lowest BCUT2D eigenvalue weighted by Gasteiger charge is -2.26. The van der Waals surface area contributed by atoms with Gasteiger partial charge in [0.25, 0.3) is 0 Å². The van der Waals surface area contributed by atoms with Crippen LogP contribution in [0.15, 0.2) is 0 Å². The topological polar surface area (TPSA) is 191 Å². The van der Waals surface area contributed by atoms with Crippen LogP contribution in [0, 0.1) is 5.92 Å². The number of rotatable bonds is 10. The minimum absolute atomic E-state index is 0.388. The van der Waals surface area contributed by atoms with Crippen molar-refractivity contribution < 1.29 is 34.5 Å². The summed E-state index contributed by atoms with van der Waals surface area (Å²) < 4.78 is 0. The second-order valence-electron chi connectivity index (χ2n) is 6.31. The number of aliphatic hydroxyl groups is 2. The lowest BCUT2D eigenvalue weighted by Crippen LogP contribution is -2.59. The number of carboxylic acid groups (broad SMARTS) is 1. The van der Waals surface area contributed by atoms with Crippen molar-refractivity contribution in [2.45, 2.75) is 58.0 Å². The molecule has 0 heterocycles. The molecule has 0 spiro atoms. The molecule has 150 valence electrons.